The Morgan fingerprint density at radius 3 is 2.44 bits per heavy atom. The monoisotopic (exact) mass is 358 g/mol. The summed E-state index contributed by atoms with van der Waals surface area (Å²) in [6.45, 7) is -0.0266. The molecule has 0 radical (unpaired) electrons. The van der Waals surface area contributed by atoms with Crippen molar-refractivity contribution in [3.05, 3.63) is 16.8 Å². The van der Waals surface area contributed by atoms with Gasteiger partial charge in [-0.25, -0.2) is 22.0 Å². The van der Waals surface area contributed by atoms with Crippen LogP contribution in [0.4, 0.5) is 0 Å². The van der Waals surface area contributed by atoms with E-state index in [4.69, 9.17) is 9.56 Å². The van der Waals surface area contributed by atoms with Crippen molar-refractivity contribution in [1.82, 2.24) is 4.31 Å². The van der Waals surface area contributed by atoms with E-state index in [1.54, 1.807) is 0 Å². The minimum atomic E-state index is -3.79. The molecular formula is C8H11BrN2O5S2. The summed E-state index contributed by atoms with van der Waals surface area (Å²) in [5, 5.41) is 3.93. The number of nitrogens with two attached hydrogens (primary N) is 1. The first-order chi connectivity index (χ1) is 8.21. The lowest BCUT2D eigenvalue weighted by molar-refractivity contribution is 0.400. The molecule has 1 aliphatic rings. The summed E-state index contributed by atoms with van der Waals surface area (Å²) in [5.74, 6) is 0. The molecule has 2 rings (SSSR count). The van der Waals surface area contributed by atoms with Crippen molar-refractivity contribution in [2.45, 2.75) is 16.8 Å². The van der Waals surface area contributed by atoms with Crippen LogP contribution in [0.5, 0.6) is 0 Å². The van der Waals surface area contributed by atoms with E-state index in [9.17, 15) is 16.8 Å². The van der Waals surface area contributed by atoms with Crippen molar-refractivity contribution in [2.75, 3.05) is 13.1 Å². The smallest absolute Gasteiger partial charge is 0.276 e. The molecule has 1 saturated heterocycles. The summed E-state index contributed by atoms with van der Waals surface area (Å²) in [5.41, 5.74) is 0. The van der Waals surface area contributed by atoms with Crippen LogP contribution in [0, 0.1) is 0 Å². The molecule has 2 N–H and O–H groups in total. The molecule has 0 saturated carbocycles. The molecule has 1 aromatic rings. The average Bonchev–Trinajstić information content (AvgIpc) is 2.83. The van der Waals surface area contributed by atoms with Crippen LogP contribution in [-0.4, -0.2) is 39.5 Å². The van der Waals surface area contributed by atoms with Gasteiger partial charge in [0.05, 0.1) is 5.25 Å². The molecule has 102 valence electrons. The molecule has 1 aliphatic heterocycles. The highest BCUT2D eigenvalue weighted by Gasteiger charge is 2.38. The summed E-state index contributed by atoms with van der Waals surface area (Å²) < 4.78 is 52.9. The standard InChI is InChI=1S/C8H11BrN2O5S2/c9-7-1-2-8(16-7)18(14,15)11-4-3-6(5-11)17(10,12)13/h1-2,6H,3-5H2,(H2,10,12,13). The lowest BCUT2D eigenvalue weighted by Gasteiger charge is -2.13. The Kier molecular flexibility index (Phi) is 3.58. The zero-order valence-corrected chi connectivity index (χ0v) is 12.3. The van der Waals surface area contributed by atoms with E-state index < -0.39 is 25.3 Å². The van der Waals surface area contributed by atoms with E-state index in [-0.39, 0.29) is 24.6 Å². The number of nitrogens with zero attached hydrogens (tertiary/aromatic N) is 1. The largest absolute Gasteiger partial charge is 0.437 e. The summed E-state index contributed by atoms with van der Waals surface area (Å²) in [6, 6.07) is 2.77. The van der Waals surface area contributed by atoms with Crippen molar-refractivity contribution in [2.24, 2.45) is 5.14 Å². The molecule has 1 atom stereocenters. The lowest BCUT2D eigenvalue weighted by atomic mass is 10.4. The van der Waals surface area contributed by atoms with Crippen LogP contribution in [0.25, 0.3) is 0 Å². The highest BCUT2D eigenvalue weighted by Crippen LogP contribution is 2.26. The molecule has 0 aromatic carbocycles. The number of sulfonamides is 2. The molecule has 0 aliphatic carbocycles. The van der Waals surface area contributed by atoms with Crippen molar-refractivity contribution in [3.63, 3.8) is 0 Å². The van der Waals surface area contributed by atoms with Gasteiger partial charge in [-0.15, -0.1) is 0 Å². The van der Waals surface area contributed by atoms with E-state index in [1.165, 1.54) is 12.1 Å². The quantitative estimate of drug-likeness (QED) is 0.823. The number of furan rings is 1. The maximum atomic E-state index is 12.1. The molecule has 0 bridgehead atoms. The van der Waals surface area contributed by atoms with Gasteiger partial charge in [0.1, 0.15) is 0 Å². The van der Waals surface area contributed by atoms with E-state index in [0.29, 0.717) is 4.67 Å². The van der Waals surface area contributed by atoms with Crippen LogP contribution in [0.3, 0.4) is 0 Å². The van der Waals surface area contributed by atoms with Gasteiger partial charge in [0.25, 0.3) is 10.0 Å². The zero-order chi connectivity index (χ0) is 13.6. The first kappa shape index (κ1) is 14.0. The van der Waals surface area contributed by atoms with Gasteiger partial charge in [-0.1, -0.05) is 0 Å². The van der Waals surface area contributed by atoms with Gasteiger partial charge in [-0.2, -0.15) is 4.31 Å². The zero-order valence-electron chi connectivity index (χ0n) is 9.11. The Bertz CT molecular complexity index is 651. The molecule has 18 heavy (non-hydrogen) atoms. The third-order valence-electron chi connectivity index (χ3n) is 2.72. The van der Waals surface area contributed by atoms with Crippen LogP contribution in [0.2, 0.25) is 0 Å². The fourth-order valence-corrected chi connectivity index (χ4v) is 4.49. The number of primary sulfonamides is 1. The molecular weight excluding hydrogens is 348 g/mol. The van der Waals surface area contributed by atoms with Crippen LogP contribution in [0.15, 0.2) is 26.3 Å². The minimum Gasteiger partial charge on any atom is -0.437 e. The average molecular weight is 359 g/mol. The molecule has 10 heteroatoms. The fraction of sp³-hybridized carbons (Fsp3) is 0.500. The first-order valence-electron chi connectivity index (χ1n) is 4.98. The number of rotatable bonds is 3. The van der Waals surface area contributed by atoms with E-state index >= 15 is 0 Å². The Morgan fingerprint density at radius 2 is 2.00 bits per heavy atom. The molecule has 1 fully saturated rings. The van der Waals surface area contributed by atoms with E-state index in [2.05, 4.69) is 15.9 Å². The first-order valence-corrected chi connectivity index (χ1v) is 8.82. The van der Waals surface area contributed by atoms with Crippen LogP contribution < -0.4 is 5.14 Å². The molecule has 0 amide bonds. The maximum Gasteiger partial charge on any atom is 0.276 e. The third-order valence-corrected chi connectivity index (χ3v) is 6.19. The van der Waals surface area contributed by atoms with E-state index in [0.717, 1.165) is 4.31 Å². The molecule has 0 spiro atoms. The van der Waals surface area contributed by atoms with Crippen molar-refractivity contribution < 1.29 is 21.3 Å². The SMILES string of the molecule is NS(=O)(=O)C1CCN(S(=O)(=O)c2ccc(Br)o2)C1. The van der Waals surface area contributed by atoms with Gasteiger partial charge in [0.2, 0.25) is 15.1 Å². The fourth-order valence-electron chi connectivity index (χ4n) is 1.75. The lowest BCUT2D eigenvalue weighted by Crippen LogP contribution is -2.34. The van der Waals surface area contributed by atoms with Crippen molar-refractivity contribution in [3.8, 4) is 0 Å². The number of halogens is 1. The number of hydrogen-bond donors (Lipinski definition) is 1. The van der Waals surface area contributed by atoms with Crippen LogP contribution in [-0.2, 0) is 20.0 Å². The van der Waals surface area contributed by atoms with Gasteiger partial charge >= 0.3 is 0 Å². The van der Waals surface area contributed by atoms with E-state index in [1.807, 2.05) is 0 Å². The predicted molar refractivity (Wildman–Crippen MR) is 66.7 cm³/mol. The van der Waals surface area contributed by atoms with Gasteiger partial charge < -0.3 is 4.42 Å². The van der Waals surface area contributed by atoms with Gasteiger partial charge in [-0.05, 0) is 34.5 Å². The Labute approximate surface area is 113 Å². The van der Waals surface area contributed by atoms with Gasteiger partial charge in [0, 0.05) is 13.1 Å². The second-order valence-corrected chi connectivity index (χ2v) is 8.42. The third kappa shape index (κ3) is 2.62. The van der Waals surface area contributed by atoms with Gasteiger partial charge in [0.15, 0.2) is 4.67 Å². The summed E-state index contributed by atoms with van der Waals surface area (Å²) in [6.07, 6.45) is 0.194. The molecule has 1 aromatic heterocycles. The predicted octanol–water partition coefficient (Wildman–Crippen LogP) is 0.0936. The van der Waals surface area contributed by atoms with Crippen molar-refractivity contribution in [1.29, 1.82) is 0 Å². The summed E-state index contributed by atoms with van der Waals surface area (Å²) >= 11 is 3.01. The number of hydrogen-bond acceptors (Lipinski definition) is 5. The highest BCUT2D eigenvalue weighted by atomic mass is 79.9. The second-order valence-electron chi connectivity index (χ2n) is 3.92. The summed E-state index contributed by atoms with van der Waals surface area (Å²) in [4.78, 5) is 0. The Morgan fingerprint density at radius 1 is 1.33 bits per heavy atom. The normalized spacial score (nSPS) is 22.4. The minimum absolute atomic E-state index is 0.113. The highest BCUT2D eigenvalue weighted by molar-refractivity contribution is 9.10. The maximum absolute atomic E-state index is 12.1. The molecule has 1 unspecified atom stereocenters. The van der Waals surface area contributed by atoms with Crippen LogP contribution >= 0.6 is 15.9 Å². The second kappa shape index (κ2) is 4.60. The Hall–Kier alpha value is -0.420. The van der Waals surface area contributed by atoms with Crippen LogP contribution in [0.1, 0.15) is 6.42 Å². The molecule has 7 nitrogen and oxygen atoms in total. The topological polar surface area (TPSA) is 111 Å². The van der Waals surface area contributed by atoms with Gasteiger partial charge in [-0.3, -0.25) is 0 Å². The Balaban J connectivity index is 2.24. The van der Waals surface area contributed by atoms with Crippen molar-refractivity contribution >= 4 is 36.0 Å². The molecule has 2 heterocycles. The summed E-state index contributed by atoms with van der Waals surface area (Å²) in [7, 11) is -7.51.